The Hall–Kier alpha value is -2.02. The highest BCUT2D eigenvalue weighted by Gasteiger charge is 2.19. The predicted octanol–water partition coefficient (Wildman–Crippen LogP) is 4.08. The molecule has 1 fully saturated rings. The van der Waals surface area contributed by atoms with E-state index in [1.54, 1.807) is 30.0 Å². The van der Waals surface area contributed by atoms with Crippen molar-refractivity contribution in [2.45, 2.75) is 30.4 Å². The van der Waals surface area contributed by atoms with Gasteiger partial charge < -0.3 is 14.8 Å². The number of halogens is 1. The third-order valence-electron chi connectivity index (χ3n) is 4.32. The normalized spacial score (nSPS) is 16.0. The van der Waals surface area contributed by atoms with Gasteiger partial charge in [-0.2, -0.15) is 0 Å². The van der Waals surface area contributed by atoms with Crippen molar-refractivity contribution in [2.75, 3.05) is 19.0 Å². The van der Waals surface area contributed by atoms with Crippen LogP contribution in [0.3, 0.4) is 0 Å². The number of esters is 1. The van der Waals surface area contributed by atoms with Gasteiger partial charge in [0, 0.05) is 28.8 Å². The summed E-state index contributed by atoms with van der Waals surface area (Å²) in [7, 11) is 0. The van der Waals surface area contributed by atoms with Gasteiger partial charge in [-0.05, 0) is 36.6 Å². The lowest BCUT2D eigenvalue weighted by atomic mass is 10.2. The van der Waals surface area contributed by atoms with Gasteiger partial charge in [0.25, 0.3) is 5.91 Å². The van der Waals surface area contributed by atoms with Crippen LogP contribution < -0.4 is 5.32 Å². The molecule has 1 aliphatic heterocycles. The van der Waals surface area contributed by atoms with Crippen LogP contribution >= 0.6 is 23.4 Å². The van der Waals surface area contributed by atoms with E-state index in [4.69, 9.17) is 21.1 Å². The summed E-state index contributed by atoms with van der Waals surface area (Å²) in [6.07, 6.45) is 2.35. The van der Waals surface area contributed by atoms with Crippen molar-refractivity contribution in [3.8, 4) is 0 Å². The van der Waals surface area contributed by atoms with E-state index in [-0.39, 0.29) is 25.2 Å². The summed E-state index contributed by atoms with van der Waals surface area (Å²) in [4.78, 5) is 25.3. The summed E-state index contributed by atoms with van der Waals surface area (Å²) in [5.74, 6) is -0.0936. The van der Waals surface area contributed by atoms with Gasteiger partial charge in [-0.3, -0.25) is 4.79 Å². The van der Waals surface area contributed by atoms with Gasteiger partial charge in [-0.1, -0.05) is 41.9 Å². The van der Waals surface area contributed by atoms with Crippen LogP contribution in [0.25, 0.3) is 0 Å². The minimum atomic E-state index is -0.511. The van der Waals surface area contributed by atoms with E-state index in [2.05, 4.69) is 5.32 Å². The first-order valence-electron chi connectivity index (χ1n) is 9.14. The largest absolute Gasteiger partial charge is 0.452 e. The van der Waals surface area contributed by atoms with Gasteiger partial charge >= 0.3 is 5.97 Å². The number of amides is 1. The maximum absolute atomic E-state index is 12.4. The van der Waals surface area contributed by atoms with Crippen LogP contribution in [0.15, 0.2) is 53.4 Å². The molecule has 2 aromatic carbocycles. The highest BCUT2D eigenvalue weighted by atomic mass is 35.5. The average molecular weight is 420 g/mol. The zero-order valence-electron chi connectivity index (χ0n) is 15.4. The second-order valence-corrected chi connectivity index (χ2v) is 7.86. The van der Waals surface area contributed by atoms with E-state index in [9.17, 15) is 9.59 Å². The quantitative estimate of drug-likeness (QED) is 0.515. The summed E-state index contributed by atoms with van der Waals surface area (Å²) in [6, 6.07) is 14.5. The van der Waals surface area contributed by atoms with Gasteiger partial charge in [0.1, 0.15) is 0 Å². The summed E-state index contributed by atoms with van der Waals surface area (Å²) < 4.78 is 10.8. The lowest BCUT2D eigenvalue weighted by Gasteiger charge is -2.12. The van der Waals surface area contributed by atoms with Crippen LogP contribution in [0.4, 0.5) is 0 Å². The van der Waals surface area contributed by atoms with Crippen LogP contribution in [0.1, 0.15) is 28.8 Å². The molecule has 28 heavy (non-hydrogen) atoms. The molecule has 0 aliphatic carbocycles. The molecule has 148 valence electrons. The van der Waals surface area contributed by atoms with Crippen LogP contribution in [-0.4, -0.2) is 36.9 Å². The fraction of sp³-hybridized carbons (Fsp3) is 0.333. The van der Waals surface area contributed by atoms with Crippen molar-refractivity contribution in [1.82, 2.24) is 5.32 Å². The molecule has 1 atom stereocenters. The van der Waals surface area contributed by atoms with Gasteiger partial charge in [-0.15, -0.1) is 11.8 Å². The third-order valence-corrected chi connectivity index (χ3v) is 5.90. The second kappa shape index (κ2) is 10.5. The van der Waals surface area contributed by atoms with Gasteiger partial charge in [0.05, 0.1) is 11.7 Å². The third kappa shape index (κ3) is 5.99. The Balaban J connectivity index is 1.48. The van der Waals surface area contributed by atoms with E-state index in [1.807, 2.05) is 30.3 Å². The number of benzene rings is 2. The molecule has 0 bridgehead atoms. The Morgan fingerprint density at radius 2 is 1.96 bits per heavy atom. The van der Waals surface area contributed by atoms with E-state index in [0.29, 0.717) is 10.6 Å². The molecule has 5 nitrogen and oxygen atoms in total. The van der Waals surface area contributed by atoms with Crippen molar-refractivity contribution < 1.29 is 19.1 Å². The molecule has 1 saturated heterocycles. The number of carbonyl (C=O) groups is 2. The van der Waals surface area contributed by atoms with Crippen LogP contribution in [0, 0.1) is 0 Å². The van der Waals surface area contributed by atoms with Gasteiger partial charge in [0.15, 0.2) is 6.61 Å². The molecule has 3 rings (SSSR count). The summed E-state index contributed by atoms with van der Waals surface area (Å²) in [5.41, 5.74) is 1.27. The molecule has 0 unspecified atom stereocenters. The number of hydrogen-bond acceptors (Lipinski definition) is 5. The van der Waals surface area contributed by atoms with Crippen LogP contribution in [0.5, 0.6) is 0 Å². The number of thioether (sulfide) groups is 1. The van der Waals surface area contributed by atoms with Gasteiger partial charge in [0.2, 0.25) is 0 Å². The highest BCUT2D eigenvalue weighted by Crippen LogP contribution is 2.27. The molecule has 0 radical (unpaired) electrons. The zero-order chi connectivity index (χ0) is 19.8. The summed E-state index contributed by atoms with van der Waals surface area (Å²) in [6.45, 7) is 0.746. The Labute approximate surface area is 173 Å². The zero-order valence-corrected chi connectivity index (χ0v) is 16.9. The fourth-order valence-electron chi connectivity index (χ4n) is 2.82. The molecule has 1 amide bonds. The minimum Gasteiger partial charge on any atom is -0.452 e. The SMILES string of the molecule is O=C(COC(=O)c1ccccc1SC[C@@H]1CCCO1)NCc1ccccc1Cl. The lowest BCUT2D eigenvalue weighted by molar-refractivity contribution is -0.124. The molecular weight excluding hydrogens is 398 g/mol. The number of carbonyl (C=O) groups excluding carboxylic acids is 2. The lowest BCUT2D eigenvalue weighted by Crippen LogP contribution is -2.28. The molecule has 0 spiro atoms. The number of rotatable bonds is 8. The molecule has 1 aliphatic rings. The topological polar surface area (TPSA) is 64.6 Å². The molecule has 7 heteroatoms. The minimum absolute atomic E-state index is 0.227. The molecule has 1 N–H and O–H groups in total. The number of ether oxygens (including phenoxy) is 2. The molecular formula is C21H22ClNO4S. The van der Waals surface area contributed by atoms with Crippen molar-refractivity contribution in [3.63, 3.8) is 0 Å². The van der Waals surface area contributed by atoms with Crippen molar-refractivity contribution in [3.05, 3.63) is 64.7 Å². The Morgan fingerprint density at radius 1 is 1.18 bits per heavy atom. The fourth-order valence-corrected chi connectivity index (χ4v) is 4.13. The molecule has 0 aromatic heterocycles. The average Bonchev–Trinajstić information content (AvgIpc) is 3.24. The number of nitrogens with one attached hydrogen (secondary N) is 1. The molecule has 1 heterocycles. The predicted molar refractivity (Wildman–Crippen MR) is 110 cm³/mol. The van der Waals surface area contributed by atoms with Crippen molar-refractivity contribution in [2.24, 2.45) is 0 Å². The summed E-state index contributed by atoms with van der Waals surface area (Å²) in [5, 5.41) is 3.28. The van der Waals surface area contributed by atoms with Crippen molar-refractivity contribution in [1.29, 1.82) is 0 Å². The van der Waals surface area contributed by atoms with Crippen LogP contribution in [-0.2, 0) is 20.8 Å². The smallest absolute Gasteiger partial charge is 0.339 e. The van der Waals surface area contributed by atoms with Crippen LogP contribution in [0.2, 0.25) is 5.02 Å². The van der Waals surface area contributed by atoms with E-state index in [0.717, 1.165) is 35.7 Å². The maximum Gasteiger partial charge on any atom is 0.339 e. The van der Waals surface area contributed by atoms with Crippen molar-refractivity contribution >= 4 is 35.2 Å². The highest BCUT2D eigenvalue weighted by molar-refractivity contribution is 7.99. The summed E-state index contributed by atoms with van der Waals surface area (Å²) >= 11 is 7.64. The Morgan fingerprint density at radius 3 is 2.75 bits per heavy atom. The monoisotopic (exact) mass is 419 g/mol. The first-order chi connectivity index (χ1) is 13.6. The number of hydrogen-bond donors (Lipinski definition) is 1. The van der Waals surface area contributed by atoms with E-state index in [1.165, 1.54) is 0 Å². The standard InChI is InChI=1S/C21H22ClNO4S/c22-18-9-3-1-6-15(18)12-23-20(24)13-27-21(25)17-8-2-4-10-19(17)28-14-16-7-5-11-26-16/h1-4,6,8-10,16H,5,7,11-14H2,(H,23,24)/t16-/m0/s1. The first-order valence-corrected chi connectivity index (χ1v) is 10.5. The maximum atomic E-state index is 12.4. The molecule has 0 saturated carbocycles. The Kier molecular flexibility index (Phi) is 7.77. The van der Waals surface area contributed by atoms with Gasteiger partial charge in [-0.25, -0.2) is 4.79 Å². The van der Waals surface area contributed by atoms with E-state index < -0.39 is 5.97 Å². The molecule has 2 aromatic rings. The first kappa shape index (κ1) is 20.7. The Bertz CT molecular complexity index is 824. The van der Waals surface area contributed by atoms with E-state index >= 15 is 0 Å². The second-order valence-electron chi connectivity index (χ2n) is 6.39.